The Balaban J connectivity index is 3.18. The first-order chi connectivity index (χ1) is 7.74. The fraction of sp³-hybridized carbons (Fsp3) is 0.0667. The van der Waals surface area contributed by atoms with Crippen LogP contribution in [-0.2, 0) is 0 Å². The van der Waals surface area contributed by atoms with Crippen LogP contribution in [0.2, 0.25) is 0 Å². The van der Waals surface area contributed by atoms with Crippen molar-refractivity contribution in [2.75, 3.05) is 0 Å². The molecule has 0 aliphatic heterocycles. The van der Waals surface area contributed by atoms with Crippen molar-refractivity contribution >= 4 is 25.3 Å². The monoisotopic (exact) mass is 226 g/mol. The standard InChI is InChI=1S/C15H14S/c1-3-12-14(9-6-10-15(12)16)13-8-5-4-7-11(13)2/h3-10,16H,2H2,1H3/b12-3+,14-13-. The Bertz CT molecular complexity index is 699. The highest BCUT2D eigenvalue weighted by molar-refractivity contribution is 7.80. The molecule has 2 rings (SSSR count). The molecule has 0 unspecified atom stereocenters. The second kappa shape index (κ2) is 4.58. The molecule has 0 spiro atoms. The zero-order valence-corrected chi connectivity index (χ0v) is 10.2. The summed E-state index contributed by atoms with van der Waals surface area (Å²) in [4.78, 5) is 1.00. The highest BCUT2D eigenvalue weighted by Gasteiger charge is 1.91. The Hall–Kier alpha value is -1.47. The van der Waals surface area contributed by atoms with Gasteiger partial charge in [0.2, 0.25) is 0 Å². The third-order valence-corrected chi connectivity index (χ3v) is 3.07. The minimum absolute atomic E-state index is 1.00. The molecule has 16 heavy (non-hydrogen) atoms. The molecule has 0 N–H and O–H groups in total. The molecule has 80 valence electrons. The molecule has 0 atom stereocenters. The average molecular weight is 226 g/mol. The second-order valence-corrected chi connectivity index (χ2v) is 4.17. The van der Waals surface area contributed by atoms with E-state index in [0.717, 1.165) is 10.1 Å². The Morgan fingerprint density at radius 3 is 2.38 bits per heavy atom. The second-order valence-electron chi connectivity index (χ2n) is 3.68. The van der Waals surface area contributed by atoms with E-state index in [2.05, 4.69) is 37.4 Å². The number of thiol groups is 1. The normalized spacial score (nSPS) is 14.0. The van der Waals surface area contributed by atoms with Gasteiger partial charge in [0.05, 0.1) is 0 Å². The summed E-state index contributed by atoms with van der Waals surface area (Å²) in [6.45, 7) is 6.10. The maximum atomic E-state index is 4.48. The highest BCUT2D eigenvalue weighted by Crippen LogP contribution is 1.99. The van der Waals surface area contributed by atoms with Crippen LogP contribution in [0.25, 0.3) is 12.7 Å². The van der Waals surface area contributed by atoms with Crippen LogP contribution in [0, 0.1) is 10.4 Å². The maximum absolute atomic E-state index is 4.48. The van der Waals surface area contributed by atoms with Crippen LogP contribution in [0.1, 0.15) is 6.92 Å². The van der Waals surface area contributed by atoms with Crippen LogP contribution >= 0.6 is 12.6 Å². The molecule has 2 aromatic carbocycles. The van der Waals surface area contributed by atoms with Gasteiger partial charge in [-0.05, 0) is 33.9 Å². The van der Waals surface area contributed by atoms with Gasteiger partial charge >= 0.3 is 0 Å². The van der Waals surface area contributed by atoms with Crippen molar-refractivity contribution in [1.29, 1.82) is 0 Å². The third-order valence-electron chi connectivity index (χ3n) is 2.68. The van der Waals surface area contributed by atoms with Gasteiger partial charge in [0.1, 0.15) is 0 Å². The van der Waals surface area contributed by atoms with Crippen LogP contribution < -0.4 is 10.4 Å². The fourth-order valence-corrected chi connectivity index (χ4v) is 2.21. The Morgan fingerprint density at radius 2 is 1.69 bits per heavy atom. The van der Waals surface area contributed by atoms with E-state index < -0.39 is 0 Å². The van der Waals surface area contributed by atoms with Crippen LogP contribution in [-0.4, -0.2) is 0 Å². The summed E-state index contributed by atoms with van der Waals surface area (Å²) < 4.78 is 0. The van der Waals surface area contributed by atoms with Crippen molar-refractivity contribution in [2.24, 2.45) is 0 Å². The highest BCUT2D eigenvalue weighted by atomic mass is 32.1. The molecule has 0 amide bonds. The summed E-state index contributed by atoms with van der Waals surface area (Å²) in [6.07, 6.45) is 2.09. The molecule has 0 saturated heterocycles. The van der Waals surface area contributed by atoms with Crippen LogP contribution in [0.4, 0.5) is 0 Å². The first-order valence-corrected chi connectivity index (χ1v) is 5.71. The molecule has 0 bridgehead atoms. The first kappa shape index (κ1) is 11.0. The molecule has 0 nitrogen and oxygen atoms in total. The Labute approximate surface area is 101 Å². The molecule has 0 aliphatic rings. The van der Waals surface area contributed by atoms with Gasteiger partial charge in [-0.3, -0.25) is 0 Å². The number of hydrogen-bond acceptors (Lipinski definition) is 1. The summed E-state index contributed by atoms with van der Waals surface area (Å²) in [7, 11) is 0. The number of rotatable bonds is 0. The van der Waals surface area contributed by atoms with Crippen LogP contribution in [0.15, 0.2) is 47.4 Å². The van der Waals surface area contributed by atoms with E-state index in [-0.39, 0.29) is 0 Å². The van der Waals surface area contributed by atoms with E-state index in [4.69, 9.17) is 0 Å². The summed E-state index contributed by atoms with van der Waals surface area (Å²) in [6, 6.07) is 14.3. The molecule has 2 aromatic rings. The van der Waals surface area contributed by atoms with E-state index >= 15 is 0 Å². The zero-order valence-electron chi connectivity index (χ0n) is 9.27. The smallest absolute Gasteiger partial charge is 0.0115 e. The molecular formula is C15H14S. The van der Waals surface area contributed by atoms with Gasteiger partial charge in [0.15, 0.2) is 0 Å². The first-order valence-electron chi connectivity index (χ1n) is 5.26. The van der Waals surface area contributed by atoms with Crippen molar-refractivity contribution in [2.45, 2.75) is 11.8 Å². The maximum Gasteiger partial charge on any atom is 0.0115 e. The largest absolute Gasteiger partial charge is 0.143 e. The minimum atomic E-state index is 1.00. The average Bonchev–Trinajstić information content (AvgIpc) is 2.29. The number of benzene rings is 2. The fourth-order valence-electron chi connectivity index (χ4n) is 1.87. The quantitative estimate of drug-likeness (QED) is 0.656. The van der Waals surface area contributed by atoms with E-state index in [1.54, 1.807) is 0 Å². The van der Waals surface area contributed by atoms with Crippen molar-refractivity contribution in [3.8, 4) is 0 Å². The molecule has 0 aliphatic carbocycles. The van der Waals surface area contributed by atoms with Crippen molar-refractivity contribution in [3.05, 3.63) is 63.3 Å². The predicted molar refractivity (Wildman–Crippen MR) is 72.7 cm³/mol. The Morgan fingerprint density at radius 1 is 1.00 bits per heavy atom. The molecule has 0 fully saturated rings. The summed E-state index contributed by atoms with van der Waals surface area (Å²) >= 11 is 4.48. The lowest BCUT2D eigenvalue weighted by Gasteiger charge is -1.96. The van der Waals surface area contributed by atoms with Gasteiger partial charge in [0, 0.05) is 4.90 Å². The van der Waals surface area contributed by atoms with Gasteiger partial charge in [-0.2, -0.15) is 0 Å². The van der Waals surface area contributed by atoms with Crippen molar-refractivity contribution < 1.29 is 0 Å². The summed E-state index contributed by atoms with van der Waals surface area (Å²) in [5.41, 5.74) is 0. The predicted octanol–water partition coefficient (Wildman–Crippen LogP) is 2.47. The molecule has 1 heteroatoms. The van der Waals surface area contributed by atoms with Crippen LogP contribution in [0.5, 0.6) is 0 Å². The number of hydrogen-bond donors (Lipinski definition) is 1. The van der Waals surface area contributed by atoms with Gasteiger partial charge in [-0.25, -0.2) is 0 Å². The lowest BCUT2D eigenvalue weighted by Crippen LogP contribution is -2.09. The third kappa shape index (κ3) is 1.91. The van der Waals surface area contributed by atoms with Gasteiger partial charge in [0.25, 0.3) is 0 Å². The van der Waals surface area contributed by atoms with E-state index in [1.807, 2.05) is 37.3 Å². The topological polar surface area (TPSA) is 0 Å². The van der Waals surface area contributed by atoms with Gasteiger partial charge in [-0.1, -0.05) is 49.1 Å². The van der Waals surface area contributed by atoms with E-state index in [9.17, 15) is 0 Å². The lowest BCUT2D eigenvalue weighted by molar-refractivity contribution is 1.30. The molecular weight excluding hydrogens is 212 g/mol. The SMILES string of the molecule is C=c1cccc/c1=c1\cccc(S)\c1=C\C. The van der Waals surface area contributed by atoms with Crippen LogP contribution in [0.3, 0.4) is 0 Å². The summed E-state index contributed by atoms with van der Waals surface area (Å²) in [5.74, 6) is 0. The van der Waals surface area contributed by atoms with Gasteiger partial charge < -0.3 is 0 Å². The lowest BCUT2D eigenvalue weighted by atomic mass is 10.1. The molecule has 0 heterocycles. The zero-order chi connectivity index (χ0) is 11.5. The molecule has 0 saturated carbocycles. The van der Waals surface area contributed by atoms with E-state index in [0.29, 0.717) is 0 Å². The minimum Gasteiger partial charge on any atom is -0.143 e. The molecule has 0 radical (unpaired) electrons. The Kier molecular flexibility index (Phi) is 3.16. The van der Waals surface area contributed by atoms with Crippen molar-refractivity contribution in [1.82, 2.24) is 0 Å². The summed E-state index contributed by atoms with van der Waals surface area (Å²) in [5, 5.41) is 4.58. The van der Waals surface area contributed by atoms with E-state index in [1.165, 1.54) is 15.7 Å². The molecule has 0 aromatic heterocycles. The van der Waals surface area contributed by atoms with Crippen molar-refractivity contribution in [3.63, 3.8) is 0 Å². The van der Waals surface area contributed by atoms with Gasteiger partial charge in [-0.15, -0.1) is 12.6 Å².